The second-order valence-corrected chi connectivity index (χ2v) is 10.3. The van der Waals surface area contributed by atoms with E-state index in [2.05, 4.69) is 15.5 Å². The number of amides is 2. The van der Waals surface area contributed by atoms with Gasteiger partial charge in [-0.05, 0) is 17.7 Å². The number of anilines is 2. The number of rotatable bonds is 2. The van der Waals surface area contributed by atoms with Gasteiger partial charge in [0, 0.05) is 40.2 Å². The fourth-order valence-corrected chi connectivity index (χ4v) is 8.13. The summed E-state index contributed by atoms with van der Waals surface area (Å²) in [5.74, 6) is -0.293. The maximum atomic E-state index is 14.5. The number of carbonyl (C=O) groups is 3. The number of thioether (sulfide) groups is 1. The number of nitrogens with one attached hydrogen (secondary N) is 2. The number of Topliss-reactive ketones (excluding diaryl/α,β-unsaturated/α-hetero) is 1. The summed E-state index contributed by atoms with van der Waals surface area (Å²) in [6.45, 7) is 0. The van der Waals surface area contributed by atoms with Gasteiger partial charge < -0.3 is 10.6 Å². The maximum absolute atomic E-state index is 14.5. The van der Waals surface area contributed by atoms with E-state index in [-0.39, 0.29) is 23.6 Å². The van der Waals surface area contributed by atoms with Crippen molar-refractivity contribution in [3.05, 3.63) is 95.6 Å². The molecule has 3 aromatic rings. The summed E-state index contributed by atoms with van der Waals surface area (Å²) in [6.07, 6.45) is 0. The molecule has 2 amide bonds. The lowest BCUT2D eigenvalue weighted by Crippen LogP contribution is -2.55. The zero-order valence-electron chi connectivity index (χ0n) is 18.2. The molecule has 3 aromatic carbocycles. The molecule has 4 aliphatic heterocycles. The van der Waals surface area contributed by atoms with Crippen LogP contribution in [0.15, 0.2) is 78.9 Å². The molecule has 6 nitrogen and oxygen atoms in total. The molecular weight excluding hydrogens is 446 g/mol. The van der Waals surface area contributed by atoms with Crippen molar-refractivity contribution in [2.75, 3.05) is 22.3 Å². The number of hydrogen-bond donors (Lipinski definition) is 2. The van der Waals surface area contributed by atoms with E-state index in [1.807, 2.05) is 66.7 Å². The van der Waals surface area contributed by atoms with Crippen LogP contribution in [0.25, 0.3) is 0 Å². The average Bonchev–Trinajstić information content (AvgIpc) is 3.58. The Labute approximate surface area is 200 Å². The van der Waals surface area contributed by atoms with Crippen LogP contribution in [-0.4, -0.2) is 40.2 Å². The van der Waals surface area contributed by atoms with Gasteiger partial charge in [0.2, 0.25) is 11.8 Å². The number of fused-ring (bicyclic) bond motifs is 7. The number of ketones is 1. The maximum Gasteiger partial charge on any atom is 0.250 e. The van der Waals surface area contributed by atoms with Crippen molar-refractivity contribution < 1.29 is 14.4 Å². The summed E-state index contributed by atoms with van der Waals surface area (Å²) in [5, 5.41) is 6.12. The molecule has 168 valence electrons. The Morgan fingerprint density at radius 1 is 0.824 bits per heavy atom. The zero-order chi connectivity index (χ0) is 23.1. The second-order valence-electron chi connectivity index (χ2n) is 9.28. The molecule has 2 spiro atoms. The minimum atomic E-state index is -1.27. The molecule has 7 rings (SSSR count). The summed E-state index contributed by atoms with van der Waals surface area (Å²) in [7, 11) is 0. The summed E-state index contributed by atoms with van der Waals surface area (Å²) < 4.78 is 0. The predicted molar refractivity (Wildman–Crippen MR) is 131 cm³/mol. The number of carbonyl (C=O) groups excluding carboxylic acids is 3. The number of nitrogens with zero attached hydrogens (tertiary/aromatic N) is 1. The lowest BCUT2D eigenvalue weighted by atomic mass is 9.60. The molecule has 2 saturated heterocycles. The van der Waals surface area contributed by atoms with E-state index in [0.29, 0.717) is 22.9 Å². The predicted octanol–water partition coefficient (Wildman–Crippen LogP) is 3.61. The van der Waals surface area contributed by atoms with Gasteiger partial charge in [0.25, 0.3) is 0 Å². The zero-order valence-corrected chi connectivity index (χ0v) is 19.0. The van der Waals surface area contributed by atoms with Crippen molar-refractivity contribution in [1.29, 1.82) is 0 Å². The molecule has 0 aromatic heterocycles. The van der Waals surface area contributed by atoms with E-state index in [1.54, 1.807) is 23.9 Å². The van der Waals surface area contributed by atoms with Crippen LogP contribution in [0.1, 0.15) is 21.5 Å². The van der Waals surface area contributed by atoms with E-state index in [4.69, 9.17) is 0 Å². The molecule has 0 aliphatic carbocycles. The molecule has 34 heavy (non-hydrogen) atoms. The van der Waals surface area contributed by atoms with E-state index in [1.165, 1.54) is 0 Å². The van der Waals surface area contributed by atoms with E-state index >= 15 is 0 Å². The third kappa shape index (κ3) is 2.15. The largest absolute Gasteiger partial charge is 0.325 e. The Bertz CT molecular complexity index is 1310. The van der Waals surface area contributed by atoms with Gasteiger partial charge in [-0.3, -0.25) is 19.3 Å². The fraction of sp³-hybridized carbons (Fsp3) is 0.222. The van der Waals surface area contributed by atoms with Gasteiger partial charge in [0.15, 0.2) is 5.78 Å². The van der Waals surface area contributed by atoms with E-state index in [0.717, 1.165) is 16.8 Å². The molecule has 4 heterocycles. The number of benzene rings is 3. The van der Waals surface area contributed by atoms with E-state index in [9.17, 15) is 14.4 Å². The van der Waals surface area contributed by atoms with Gasteiger partial charge in [-0.1, -0.05) is 66.7 Å². The van der Waals surface area contributed by atoms with Crippen LogP contribution in [0.3, 0.4) is 0 Å². The molecule has 2 fully saturated rings. The summed E-state index contributed by atoms with van der Waals surface area (Å²) in [5.41, 5.74) is 1.07. The topological polar surface area (TPSA) is 78.5 Å². The molecule has 2 N–H and O–H groups in total. The van der Waals surface area contributed by atoms with Crippen LogP contribution in [0, 0.1) is 5.92 Å². The Kier molecular flexibility index (Phi) is 4.00. The minimum absolute atomic E-state index is 0.182. The monoisotopic (exact) mass is 467 g/mol. The first-order valence-electron chi connectivity index (χ1n) is 11.4. The van der Waals surface area contributed by atoms with Gasteiger partial charge in [0.1, 0.15) is 11.0 Å². The molecule has 4 atom stereocenters. The Morgan fingerprint density at radius 2 is 1.44 bits per heavy atom. The quantitative estimate of drug-likeness (QED) is 0.563. The second kappa shape index (κ2) is 6.81. The van der Waals surface area contributed by atoms with Gasteiger partial charge >= 0.3 is 0 Å². The molecule has 4 unspecified atom stereocenters. The van der Waals surface area contributed by atoms with Crippen LogP contribution >= 0.6 is 11.8 Å². The van der Waals surface area contributed by atoms with Crippen LogP contribution in [0.4, 0.5) is 11.4 Å². The highest BCUT2D eigenvalue weighted by Gasteiger charge is 2.79. The first-order chi connectivity index (χ1) is 16.6. The highest BCUT2D eigenvalue weighted by atomic mass is 32.2. The molecule has 7 heteroatoms. The SMILES string of the molecule is O=C(c1ccccc1)C1C2(C(=O)Nc3ccccc32)C2CSCN2C12C(=O)Nc1ccccc12. The summed E-state index contributed by atoms with van der Waals surface area (Å²) in [6, 6.07) is 24.0. The summed E-state index contributed by atoms with van der Waals surface area (Å²) >= 11 is 1.71. The van der Waals surface area contributed by atoms with Crippen molar-refractivity contribution in [1.82, 2.24) is 4.90 Å². The van der Waals surface area contributed by atoms with Crippen LogP contribution in [0.5, 0.6) is 0 Å². The normalized spacial score (nSPS) is 30.8. The summed E-state index contributed by atoms with van der Waals surface area (Å²) in [4.78, 5) is 44.8. The van der Waals surface area contributed by atoms with Crippen LogP contribution in [-0.2, 0) is 20.5 Å². The fourth-order valence-electron chi connectivity index (χ4n) is 6.78. The molecule has 4 aliphatic rings. The van der Waals surface area contributed by atoms with Gasteiger partial charge in [0.05, 0.1) is 5.92 Å². The first-order valence-corrected chi connectivity index (χ1v) is 12.5. The lowest BCUT2D eigenvalue weighted by Gasteiger charge is -2.38. The lowest BCUT2D eigenvalue weighted by molar-refractivity contribution is -0.127. The standard InChI is InChI=1S/C27H21N3O3S/c31-22(16-8-2-1-3-9-16)23-26(17-10-4-6-12-19(17)28-24(26)32)21-14-34-15-30(21)27(23)18-11-5-7-13-20(18)29-25(27)33/h1-13,21,23H,14-15H2,(H,28,32)(H,29,33). The Morgan fingerprint density at radius 3 is 2.21 bits per heavy atom. The molecule has 0 radical (unpaired) electrons. The van der Waals surface area contributed by atoms with Crippen molar-refractivity contribution in [2.45, 2.75) is 17.0 Å². The van der Waals surface area contributed by atoms with Crippen LogP contribution in [0.2, 0.25) is 0 Å². The third-order valence-corrected chi connectivity index (χ3v) is 9.00. The molecule has 0 saturated carbocycles. The minimum Gasteiger partial charge on any atom is -0.325 e. The molecule has 0 bridgehead atoms. The van der Waals surface area contributed by atoms with Gasteiger partial charge in [-0.15, -0.1) is 11.8 Å². The highest BCUT2D eigenvalue weighted by molar-refractivity contribution is 7.99. The van der Waals surface area contributed by atoms with Gasteiger partial charge in [-0.25, -0.2) is 0 Å². The Balaban J connectivity index is 1.59. The van der Waals surface area contributed by atoms with Crippen LogP contribution < -0.4 is 10.6 Å². The number of para-hydroxylation sites is 2. The average molecular weight is 468 g/mol. The highest BCUT2D eigenvalue weighted by Crippen LogP contribution is 2.66. The number of hydrogen-bond acceptors (Lipinski definition) is 5. The van der Waals surface area contributed by atoms with Crippen molar-refractivity contribution in [3.8, 4) is 0 Å². The van der Waals surface area contributed by atoms with Crippen molar-refractivity contribution in [3.63, 3.8) is 0 Å². The van der Waals surface area contributed by atoms with Crippen molar-refractivity contribution >= 4 is 40.7 Å². The van der Waals surface area contributed by atoms with Crippen molar-refractivity contribution in [2.24, 2.45) is 5.92 Å². The van der Waals surface area contributed by atoms with Gasteiger partial charge in [-0.2, -0.15) is 0 Å². The molecular formula is C27H21N3O3S. The third-order valence-electron chi connectivity index (χ3n) is 7.98. The smallest absolute Gasteiger partial charge is 0.250 e. The first kappa shape index (κ1) is 20.0. The van der Waals surface area contributed by atoms with E-state index < -0.39 is 16.9 Å². The Hall–Kier alpha value is -3.42.